The van der Waals surface area contributed by atoms with Gasteiger partial charge in [-0.25, -0.2) is 8.42 Å². The number of carbonyl (C=O) groups excluding carboxylic acids is 2. The highest BCUT2D eigenvalue weighted by atomic mass is 79.9. The number of nitrogens with one attached hydrogen (secondary N) is 2. The number of amides is 2. The fraction of sp³-hybridized carbons (Fsp3) is 0.300. The molecule has 1 aliphatic rings. The molecule has 0 aliphatic carbocycles. The standard InChI is InChI=1S/C20H21BrN2O5S/c1-11-6-14(4-5-15(11)21)22-19(24)8-13(3)29(26,27)18-9-17-16(7-12(18)2)23-20(25)10-28-17/h4-7,9,13H,8,10H2,1-3H3,(H,22,24)(H,23,25)/t13-/m0/s1. The zero-order chi connectivity index (χ0) is 21.3. The van der Waals surface area contributed by atoms with E-state index in [0.717, 1.165) is 10.0 Å². The normalized spacial score (nSPS) is 14.4. The number of hydrogen-bond acceptors (Lipinski definition) is 5. The third-order valence-corrected chi connectivity index (χ3v) is 7.83. The minimum atomic E-state index is -3.78. The monoisotopic (exact) mass is 480 g/mol. The Balaban J connectivity index is 1.77. The van der Waals surface area contributed by atoms with Gasteiger partial charge in [0.05, 0.1) is 15.8 Å². The maximum atomic E-state index is 13.1. The van der Waals surface area contributed by atoms with Crippen molar-refractivity contribution in [3.63, 3.8) is 0 Å². The summed E-state index contributed by atoms with van der Waals surface area (Å²) in [4.78, 5) is 23.9. The van der Waals surface area contributed by atoms with E-state index in [-0.39, 0.29) is 29.7 Å². The smallest absolute Gasteiger partial charge is 0.262 e. The second-order valence-electron chi connectivity index (χ2n) is 7.02. The van der Waals surface area contributed by atoms with E-state index in [1.54, 1.807) is 25.1 Å². The van der Waals surface area contributed by atoms with Gasteiger partial charge in [0, 0.05) is 22.6 Å². The van der Waals surface area contributed by atoms with Gasteiger partial charge in [0.15, 0.2) is 16.4 Å². The topological polar surface area (TPSA) is 102 Å². The number of halogens is 1. The predicted molar refractivity (Wildman–Crippen MR) is 114 cm³/mol. The lowest BCUT2D eigenvalue weighted by Gasteiger charge is -2.21. The predicted octanol–water partition coefficient (Wildman–Crippen LogP) is 3.59. The van der Waals surface area contributed by atoms with Crippen LogP contribution in [0.2, 0.25) is 0 Å². The van der Waals surface area contributed by atoms with Crippen LogP contribution in [-0.2, 0) is 19.4 Å². The summed E-state index contributed by atoms with van der Waals surface area (Å²) >= 11 is 3.40. The SMILES string of the molecule is Cc1cc(NC(=O)C[C@H](C)S(=O)(=O)c2cc3c(cc2C)NC(=O)CO3)ccc1Br. The van der Waals surface area contributed by atoms with Crippen LogP contribution in [0.1, 0.15) is 24.5 Å². The van der Waals surface area contributed by atoms with Crippen LogP contribution in [0.3, 0.4) is 0 Å². The van der Waals surface area contributed by atoms with Crippen molar-refractivity contribution in [2.45, 2.75) is 37.3 Å². The number of rotatable bonds is 5. The number of benzene rings is 2. The van der Waals surface area contributed by atoms with Gasteiger partial charge in [0.2, 0.25) is 5.91 Å². The minimum absolute atomic E-state index is 0.0900. The van der Waals surface area contributed by atoms with Crippen molar-refractivity contribution in [2.75, 3.05) is 17.2 Å². The Bertz CT molecular complexity index is 1100. The second-order valence-corrected chi connectivity index (χ2v) is 10.2. The van der Waals surface area contributed by atoms with E-state index in [2.05, 4.69) is 26.6 Å². The highest BCUT2D eigenvalue weighted by molar-refractivity contribution is 9.10. The second kappa shape index (κ2) is 8.16. The average Bonchev–Trinajstić information content (AvgIpc) is 2.63. The lowest BCUT2D eigenvalue weighted by molar-refractivity contribution is -0.118. The number of sulfone groups is 1. The quantitative estimate of drug-likeness (QED) is 0.680. The van der Waals surface area contributed by atoms with Crippen LogP contribution in [0, 0.1) is 13.8 Å². The molecule has 0 saturated carbocycles. The number of aryl methyl sites for hydroxylation is 2. The van der Waals surface area contributed by atoms with Crippen molar-refractivity contribution in [3.05, 3.63) is 45.9 Å². The molecular formula is C20H21BrN2O5S. The summed E-state index contributed by atoms with van der Waals surface area (Å²) < 4.78 is 32.4. The van der Waals surface area contributed by atoms with E-state index in [9.17, 15) is 18.0 Å². The molecule has 29 heavy (non-hydrogen) atoms. The Kier molecular flexibility index (Phi) is 6.00. The van der Waals surface area contributed by atoms with Gasteiger partial charge in [-0.1, -0.05) is 15.9 Å². The highest BCUT2D eigenvalue weighted by Gasteiger charge is 2.29. The summed E-state index contributed by atoms with van der Waals surface area (Å²) in [5.74, 6) is -0.376. The Morgan fingerprint density at radius 1 is 1.24 bits per heavy atom. The Morgan fingerprint density at radius 2 is 1.97 bits per heavy atom. The van der Waals surface area contributed by atoms with Crippen molar-refractivity contribution >= 4 is 49.0 Å². The first-order chi connectivity index (χ1) is 13.6. The molecular weight excluding hydrogens is 460 g/mol. The highest BCUT2D eigenvalue weighted by Crippen LogP contribution is 2.34. The van der Waals surface area contributed by atoms with Crippen LogP contribution < -0.4 is 15.4 Å². The molecule has 0 saturated heterocycles. The van der Waals surface area contributed by atoms with Gasteiger partial charge in [0.25, 0.3) is 5.91 Å². The summed E-state index contributed by atoms with van der Waals surface area (Å²) in [6.07, 6.45) is -0.189. The van der Waals surface area contributed by atoms with Gasteiger partial charge in [-0.15, -0.1) is 0 Å². The maximum Gasteiger partial charge on any atom is 0.262 e. The lowest BCUT2D eigenvalue weighted by Crippen LogP contribution is -2.27. The van der Waals surface area contributed by atoms with Crippen LogP contribution >= 0.6 is 15.9 Å². The van der Waals surface area contributed by atoms with Gasteiger partial charge < -0.3 is 15.4 Å². The first kappa shape index (κ1) is 21.3. The maximum absolute atomic E-state index is 13.1. The summed E-state index contributed by atoms with van der Waals surface area (Å²) in [7, 11) is -3.78. The van der Waals surface area contributed by atoms with Crippen molar-refractivity contribution in [2.24, 2.45) is 0 Å². The van der Waals surface area contributed by atoms with Gasteiger partial charge >= 0.3 is 0 Å². The van der Waals surface area contributed by atoms with Crippen molar-refractivity contribution in [3.8, 4) is 5.75 Å². The van der Waals surface area contributed by atoms with E-state index in [0.29, 0.717) is 22.7 Å². The molecule has 1 aliphatic heterocycles. The first-order valence-corrected chi connectivity index (χ1v) is 11.3. The Hall–Kier alpha value is -2.39. The molecule has 1 heterocycles. The van der Waals surface area contributed by atoms with E-state index in [1.165, 1.54) is 13.0 Å². The molecule has 2 N–H and O–H groups in total. The molecule has 7 nitrogen and oxygen atoms in total. The van der Waals surface area contributed by atoms with E-state index in [1.807, 2.05) is 13.0 Å². The number of carbonyl (C=O) groups is 2. The van der Waals surface area contributed by atoms with Gasteiger partial charge in [-0.3, -0.25) is 9.59 Å². The molecule has 0 radical (unpaired) electrons. The molecule has 0 fully saturated rings. The summed E-state index contributed by atoms with van der Waals surface area (Å²) in [5.41, 5.74) is 2.48. The Labute approximate surface area is 177 Å². The fourth-order valence-electron chi connectivity index (χ4n) is 3.04. The molecule has 3 rings (SSSR count). The zero-order valence-electron chi connectivity index (χ0n) is 16.2. The number of fused-ring (bicyclic) bond motifs is 1. The average molecular weight is 481 g/mol. The fourth-order valence-corrected chi connectivity index (χ4v) is 4.87. The molecule has 0 bridgehead atoms. The minimum Gasteiger partial charge on any atom is -0.482 e. The lowest BCUT2D eigenvalue weighted by atomic mass is 10.2. The molecule has 154 valence electrons. The van der Waals surface area contributed by atoms with Crippen LogP contribution in [0.15, 0.2) is 39.7 Å². The largest absolute Gasteiger partial charge is 0.482 e. The molecule has 2 aromatic carbocycles. The molecule has 0 aromatic heterocycles. The summed E-state index contributed by atoms with van der Waals surface area (Å²) in [5, 5.41) is 4.45. The molecule has 1 atom stereocenters. The van der Waals surface area contributed by atoms with Crippen molar-refractivity contribution in [1.29, 1.82) is 0 Å². The van der Waals surface area contributed by atoms with Crippen LogP contribution in [0.4, 0.5) is 11.4 Å². The number of ether oxygens (including phenoxy) is 1. The van der Waals surface area contributed by atoms with Crippen molar-refractivity contribution in [1.82, 2.24) is 0 Å². The van der Waals surface area contributed by atoms with E-state index >= 15 is 0 Å². The first-order valence-electron chi connectivity index (χ1n) is 8.95. The van der Waals surface area contributed by atoms with E-state index < -0.39 is 15.1 Å². The van der Waals surface area contributed by atoms with Gasteiger partial charge in [0.1, 0.15) is 5.75 Å². The van der Waals surface area contributed by atoms with Gasteiger partial charge in [-0.05, 0) is 56.2 Å². The number of anilines is 2. The third-order valence-electron chi connectivity index (χ3n) is 4.66. The summed E-state index contributed by atoms with van der Waals surface area (Å²) in [6.45, 7) is 4.88. The molecule has 0 unspecified atom stereocenters. The van der Waals surface area contributed by atoms with Crippen molar-refractivity contribution < 1.29 is 22.7 Å². The zero-order valence-corrected chi connectivity index (χ0v) is 18.6. The van der Waals surface area contributed by atoms with Gasteiger partial charge in [-0.2, -0.15) is 0 Å². The van der Waals surface area contributed by atoms with E-state index in [4.69, 9.17) is 4.74 Å². The summed E-state index contributed by atoms with van der Waals surface area (Å²) in [6, 6.07) is 8.34. The molecule has 2 aromatic rings. The van der Waals surface area contributed by atoms with Crippen LogP contribution in [0.5, 0.6) is 5.75 Å². The number of hydrogen-bond donors (Lipinski definition) is 2. The molecule has 0 spiro atoms. The van der Waals surface area contributed by atoms with Crippen LogP contribution in [-0.4, -0.2) is 32.1 Å². The third kappa shape index (κ3) is 4.62. The molecule has 2 amide bonds. The Morgan fingerprint density at radius 3 is 2.66 bits per heavy atom. The van der Waals surface area contributed by atoms with Crippen LogP contribution in [0.25, 0.3) is 0 Å². The molecule has 9 heteroatoms.